The SMILES string of the molecule is CC(C)C(C#N)(/C=C\O[Si](C)(C)C(C)(C)C)O[Si](C)(C)C(C)(C)C. The van der Waals surface area contributed by atoms with Gasteiger partial charge < -0.3 is 8.85 Å². The van der Waals surface area contributed by atoms with E-state index in [-0.39, 0.29) is 16.0 Å². The lowest BCUT2D eigenvalue weighted by Crippen LogP contribution is -2.50. The zero-order chi connectivity index (χ0) is 19.6. The zero-order valence-electron chi connectivity index (χ0n) is 18.0. The summed E-state index contributed by atoms with van der Waals surface area (Å²) in [5.74, 6) is 0.0518. The highest BCUT2D eigenvalue weighted by Crippen LogP contribution is 2.41. The van der Waals surface area contributed by atoms with Crippen molar-refractivity contribution in [1.82, 2.24) is 0 Å². The monoisotopic (exact) mass is 369 g/mol. The Morgan fingerprint density at radius 1 is 0.875 bits per heavy atom. The Labute approximate surface area is 152 Å². The number of rotatable bonds is 6. The first kappa shape index (κ1) is 23.4. The number of nitriles is 1. The summed E-state index contributed by atoms with van der Waals surface area (Å²) in [4.78, 5) is 0. The molecule has 3 nitrogen and oxygen atoms in total. The summed E-state index contributed by atoms with van der Waals surface area (Å²) in [7, 11) is -3.96. The normalized spacial score (nSPS) is 17.0. The molecule has 0 rings (SSSR count). The minimum atomic E-state index is -2.07. The molecular formula is C19H39NO2Si2. The summed E-state index contributed by atoms with van der Waals surface area (Å²) in [6.45, 7) is 26.0. The van der Waals surface area contributed by atoms with E-state index >= 15 is 0 Å². The summed E-state index contributed by atoms with van der Waals surface area (Å²) < 4.78 is 12.7. The van der Waals surface area contributed by atoms with Crippen LogP contribution >= 0.6 is 0 Å². The molecule has 5 heteroatoms. The van der Waals surface area contributed by atoms with Crippen molar-refractivity contribution in [3.8, 4) is 6.07 Å². The Balaban J connectivity index is 5.60. The predicted octanol–water partition coefficient (Wildman–Crippen LogP) is 6.46. The molecule has 0 aromatic carbocycles. The molecule has 0 amide bonds. The molecule has 0 aliphatic heterocycles. The molecule has 0 aromatic rings. The van der Waals surface area contributed by atoms with Crippen molar-refractivity contribution in [2.24, 2.45) is 5.92 Å². The second kappa shape index (κ2) is 7.35. The van der Waals surface area contributed by atoms with Crippen LogP contribution in [0.25, 0.3) is 0 Å². The molecule has 0 spiro atoms. The Morgan fingerprint density at radius 3 is 1.58 bits per heavy atom. The first-order valence-corrected chi connectivity index (χ1v) is 14.7. The third-order valence-electron chi connectivity index (χ3n) is 5.75. The van der Waals surface area contributed by atoms with Crippen LogP contribution in [-0.4, -0.2) is 22.2 Å². The van der Waals surface area contributed by atoms with Crippen molar-refractivity contribution in [1.29, 1.82) is 5.26 Å². The molecule has 1 unspecified atom stereocenters. The fourth-order valence-corrected chi connectivity index (χ4v) is 3.85. The third kappa shape index (κ3) is 5.47. The largest absolute Gasteiger partial charge is 0.549 e. The minimum Gasteiger partial charge on any atom is -0.549 e. The van der Waals surface area contributed by atoms with Crippen LogP contribution in [0.3, 0.4) is 0 Å². The van der Waals surface area contributed by atoms with Gasteiger partial charge >= 0.3 is 0 Å². The molecule has 0 N–H and O–H groups in total. The van der Waals surface area contributed by atoms with Gasteiger partial charge in [0.25, 0.3) is 0 Å². The lowest BCUT2D eigenvalue weighted by molar-refractivity contribution is 0.108. The summed E-state index contributed by atoms with van der Waals surface area (Å²) in [5.41, 5.74) is -0.939. The van der Waals surface area contributed by atoms with Gasteiger partial charge in [0.1, 0.15) is 6.07 Å². The van der Waals surface area contributed by atoms with Crippen LogP contribution in [0.1, 0.15) is 55.4 Å². The van der Waals surface area contributed by atoms with Gasteiger partial charge in [0, 0.05) is 0 Å². The summed E-state index contributed by atoms with van der Waals surface area (Å²) in [5, 5.41) is 10.1. The molecule has 0 heterocycles. The highest BCUT2D eigenvalue weighted by atomic mass is 28.4. The summed E-state index contributed by atoms with van der Waals surface area (Å²) in [6, 6.07) is 2.43. The number of hydrogen-bond donors (Lipinski definition) is 0. The van der Waals surface area contributed by atoms with E-state index in [2.05, 4.69) is 73.8 Å². The maximum Gasteiger partial charge on any atom is 0.249 e. The van der Waals surface area contributed by atoms with Crippen LogP contribution in [-0.2, 0) is 8.85 Å². The maximum atomic E-state index is 9.92. The van der Waals surface area contributed by atoms with E-state index in [4.69, 9.17) is 8.85 Å². The standard InChI is InChI=1S/C19H39NO2Si2/c1-16(2)19(15-20,22-24(11,12)18(6,7)8)13-14-21-23(9,10)17(3,4)5/h13-14,16H,1-12H3/b14-13-. The van der Waals surface area contributed by atoms with Gasteiger partial charge in [-0.3, -0.25) is 0 Å². The molecule has 0 saturated heterocycles. The van der Waals surface area contributed by atoms with E-state index in [0.717, 1.165) is 0 Å². The molecule has 24 heavy (non-hydrogen) atoms. The zero-order valence-corrected chi connectivity index (χ0v) is 20.0. The molecule has 0 fully saturated rings. The second-order valence-corrected chi connectivity index (χ2v) is 19.6. The van der Waals surface area contributed by atoms with Crippen molar-refractivity contribution in [3.05, 3.63) is 12.3 Å². The number of hydrogen-bond acceptors (Lipinski definition) is 3. The lowest BCUT2D eigenvalue weighted by Gasteiger charge is -2.43. The molecule has 0 aliphatic carbocycles. The van der Waals surface area contributed by atoms with E-state index in [1.54, 1.807) is 6.26 Å². The van der Waals surface area contributed by atoms with E-state index in [0.29, 0.717) is 0 Å². The highest BCUT2D eigenvalue weighted by molar-refractivity contribution is 6.74. The Hall–Kier alpha value is -0.576. The topological polar surface area (TPSA) is 42.2 Å². The lowest BCUT2D eigenvalue weighted by atomic mass is 9.92. The molecule has 1 atom stereocenters. The van der Waals surface area contributed by atoms with Gasteiger partial charge in [-0.05, 0) is 48.3 Å². The van der Waals surface area contributed by atoms with Crippen LogP contribution in [0.2, 0.25) is 36.3 Å². The van der Waals surface area contributed by atoms with Gasteiger partial charge in [0.05, 0.1) is 6.26 Å². The van der Waals surface area contributed by atoms with Crippen LogP contribution in [0.15, 0.2) is 12.3 Å². The predicted molar refractivity (Wildman–Crippen MR) is 109 cm³/mol. The van der Waals surface area contributed by atoms with E-state index in [9.17, 15) is 5.26 Å². The van der Waals surface area contributed by atoms with Crippen molar-refractivity contribution >= 4 is 16.6 Å². The Bertz CT molecular complexity index is 491. The molecular weight excluding hydrogens is 330 g/mol. The molecule has 0 saturated carbocycles. The van der Waals surface area contributed by atoms with Gasteiger partial charge in [-0.25, -0.2) is 0 Å². The molecule has 0 radical (unpaired) electrons. The molecule has 0 aliphatic rings. The van der Waals surface area contributed by atoms with Gasteiger partial charge in [-0.1, -0.05) is 55.4 Å². The minimum absolute atomic E-state index is 0.0518. The van der Waals surface area contributed by atoms with E-state index < -0.39 is 22.2 Å². The number of nitrogens with zero attached hydrogens (tertiary/aromatic N) is 1. The van der Waals surface area contributed by atoms with Crippen molar-refractivity contribution in [2.75, 3.05) is 0 Å². The Kier molecular flexibility index (Phi) is 7.17. The summed E-state index contributed by atoms with van der Waals surface area (Å²) in [6.07, 6.45) is 3.58. The van der Waals surface area contributed by atoms with Gasteiger partial charge in [0.15, 0.2) is 13.9 Å². The highest BCUT2D eigenvalue weighted by Gasteiger charge is 2.46. The van der Waals surface area contributed by atoms with Gasteiger partial charge in [0.2, 0.25) is 8.32 Å². The third-order valence-corrected chi connectivity index (χ3v) is 14.5. The van der Waals surface area contributed by atoms with Gasteiger partial charge in [-0.2, -0.15) is 5.26 Å². The molecule has 0 bridgehead atoms. The Morgan fingerprint density at radius 2 is 1.29 bits per heavy atom. The first-order chi connectivity index (χ1) is 10.4. The van der Waals surface area contributed by atoms with E-state index in [1.165, 1.54) is 0 Å². The van der Waals surface area contributed by atoms with Crippen LogP contribution in [0.4, 0.5) is 0 Å². The summed E-state index contributed by atoms with van der Waals surface area (Å²) >= 11 is 0. The fourth-order valence-electron chi connectivity index (χ4n) is 1.59. The van der Waals surface area contributed by atoms with Crippen molar-refractivity contribution < 1.29 is 8.85 Å². The van der Waals surface area contributed by atoms with Crippen LogP contribution in [0.5, 0.6) is 0 Å². The average molecular weight is 370 g/mol. The van der Waals surface area contributed by atoms with Crippen molar-refractivity contribution in [2.45, 2.75) is 97.3 Å². The fraction of sp³-hybridized carbons (Fsp3) is 0.842. The quantitative estimate of drug-likeness (QED) is 0.398. The smallest absolute Gasteiger partial charge is 0.249 e. The van der Waals surface area contributed by atoms with Gasteiger partial charge in [-0.15, -0.1) is 0 Å². The van der Waals surface area contributed by atoms with Crippen molar-refractivity contribution in [3.63, 3.8) is 0 Å². The average Bonchev–Trinajstić information content (AvgIpc) is 2.33. The van der Waals surface area contributed by atoms with Crippen LogP contribution < -0.4 is 0 Å². The second-order valence-electron chi connectivity index (χ2n) is 10.1. The maximum absolute atomic E-state index is 9.92. The van der Waals surface area contributed by atoms with Crippen LogP contribution in [0, 0.1) is 17.2 Å². The first-order valence-electron chi connectivity index (χ1n) is 8.89. The van der Waals surface area contributed by atoms with E-state index in [1.807, 2.05) is 19.9 Å². The molecule has 0 aromatic heterocycles. The molecule has 140 valence electrons.